The molecular weight excluding hydrogens is 616 g/mol. The van der Waals surface area contributed by atoms with Crippen molar-refractivity contribution < 1.29 is 33.8 Å². The molecule has 1 fully saturated rings. The number of nitrogens with zero attached hydrogens (tertiary/aromatic N) is 1. The predicted molar refractivity (Wildman–Crippen MR) is 187 cm³/mol. The molecule has 7 atom stereocenters. The molecule has 1 aliphatic rings. The second-order valence-corrected chi connectivity index (χ2v) is 13.8. The van der Waals surface area contributed by atoms with Crippen molar-refractivity contribution in [1.29, 1.82) is 0 Å². The Morgan fingerprint density at radius 1 is 0.854 bits per heavy atom. The Hall–Kier alpha value is -2.77. The van der Waals surface area contributed by atoms with Crippen LogP contribution in [0.4, 0.5) is 0 Å². The fourth-order valence-electron chi connectivity index (χ4n) is 5.90. The van der Waals surface area contributed by atoms with Crippen molar-refractivity contribution in [2.24, 2.45) is 23.5 Å². The number of hydrogen-bond acceptors (Lipinski definition) is 8. The molecule has 7 N–H and O–H groups in total. The van der Waals surface area contributed by atoms with Crippen LogP contribution in [0, 0.1) is 17.8 Å². The highest BCUT2D eigenvalue weighted by molar-refractivity contribution is 5.96. The van der Waals surface area contributed by atoms with Crippen molar-refractivity contribution in [1.82, 2.24) is 26.2 Å². The molecule has 1 unspecified atom stereocenters. The molecule has 1 heterocycles. The summed E-state index contributed by atoms with van der Waals surface area (Å²) >= 11 is 0. The zero-order valence-electron chi connectivity index (χ0n) is 30.6. The van der Waals surface area contributed by atoms with Crippen molar-refractivity contribution in [3.05, 3.63) is 0 Å². The molecule has 0 aromatic carbocycles. The average Bonchev–Trinajstić information content (AvgIpc) is 3.06. The summed E-state index contributed by atoms with van der Waals surface area (Å²) in [4.78, 5) is 68.7. The summed E-state index contributed by atoms with van der Waals surface area (Å²) in [7, 11) is 1.61. The van der Waals surface area contributed by atoms with Crippen LogP contribution in [0.2, 0.25) is 0 Å². The number of aliphatic hydroxyl groups excluding tert-OH is 1. The minimum atomic E-state index is -1.28. The van der Waals surface area contributed by atoms with E-state index in [1.807, 2.05) is 27.7 Å². The van der Waals surface area contributed by atoms with Gasteiger partial charge in [-0.3, -0.25) is 24.0 Å². The average molecular weight is 683 g/mol. The summed E-state index contributed by atoms with van der Waals surface area (Å²) in [5.74, 6) is -3.52. The first kappa shape index (κ1) is 43.3. The highest BCUT2D eigenvalue weighted by Gasteiger charge is 2.37. The van der Waals surface area contributed by atoms with Gasteiger partial charge in [0.1, 0.15) is 24.2 Å². The number of aliphatic hydroxyl groups is 1. The van der Waals surface area contributed by atoms with Gasteiger partial charge in [-0.1, -0.05) is 99.3 Å². The number of nitrogens with two attached hydrogens (primary N) is 1. The summed E-state index contributed by atoms with van der Waals surface area (Å²) in [6.07, 6.45) is 10.2. The predicted octanol–water partition coefficient (Wildman–Crippen LogP) is 1.99. The lowest BCUT2D eigenvalue weighted by Gasteiger charge is -2.34. The number of carbonyl (C=O) groups is 5. The third-order valence-electron chi connectivity index (χ3n) is 9.31. The van der Waals surface area contributed by atoms with Crippen LogP contribution in [0.15, 0.2) is 0 Å². The van der Waals surface area contributed by atoms with E-state index in [-0.39, 0.29) is 37.4 Å². The lowest BCUT2D eigenvalue weighted by Crippen LogP contribution is -2.61. The Morgan fingerprint density at radius 2 is 1.46 bits per heavy atom. The molecule has 1 rings (SSSR count). The number of nitrogens with one attached hydrogen (secondary N) is 4. The maximum atomic E-state index is 14.0. The number of carbonyl (C=O) groups excluding carboxylic acids is 5. The molecule has 0 bridgehead atoms. The Morgan fingerprint density at radius 3 is 2.02 bits per heavy atom. The van der Waals surface area contributed by atoms with Crippen molar-refractivity contribution in [2.75, 3.05) is 33.4 Å². The second-order valence-electron chi connectivity index (χ2n) is 13.8. The van der Waals surface area contributed by atoms with Gasteiger partial charge >= 0.3 is 0 Å². The van der Waals surface area contributed by atoms with Gasteiger partial charge in [0.2, 0.25) is 29.5 Å². The van der Waals surface area contributed by atoms with Gasteiger partial charge in [0.15, 0.2) is 0 Å². The van der Waals surface area contributed by atoms with Gasteiger partial charge in [-0.2, -0.15) is 0 Å². The molecule has 0 spiro atoms. The lowest BCUT2D eigenvalue weighted by atomic mass is 9.94. The standard InChI is InChI=1S/C35H66N6O7/c1-8-10-11-12-13-14-15-16-17-29-25(6)35(47)41(7)28(20-23(3)4)33(45)40-30(24(5)9-2)34(46)38-26(21-36)32(44)39-27(22-42)31(43)37-18-19-48-29/h23-30,42H,8-22,36H2,1-7H3,(H,37,43)(H,38,46)(H,39,44)(H,40,45)/t24?,25-,26+,27+,28+,29-,30+/m1/s1. The normalized spacial score (nSPS) is 26.5. The number of likely N-dealkylation sites (N-methyl/N-ethyl adjacent to an activating group) is 1. The number of rotatable bonds is 15. The van der Waals surface area contributed by atoms with Gasteiger partial charge in [0.05, 0.1) is 25.2 Å². The van der Waals surface area contributed by atoms with Gasteiger partial charge in [0, 0.05) is 20.1 Å². The molecule has 278 valence electrons. The highest BCUT2D eigenvalue weighted by Crippen LogP contribution is 2.22. The number of hydrogen-bond donors (Lipinski definition) is 6. The van der Waals surface area contributed by atoms with E-state index in [1.165, 1.54) is 37.0 Å². The van der Waals surface area contributed by atoms with E-state index in [2.05, 4.69) is 28.2 Å². The molecule has 0 saturated carbocycles. The number of ether oxygens (including phenoxy) is 1. The summed E-state index contributed by atoms with van der Waals surface area (Å²) in [6.45, 7) is 10.9. The van der Waals surface area contributed by atoms with E-state index < -0.39 is 66.4 Å². The maximum absolute atomic E-state index is 14.0. The largest absolute Gasteiger partial charge is 0.394 e. The molecule has 48 heavy (non-hydrogen) atoms. The minimum Gasteiger partial charge on any atom is -0.394 e. The topological polar surface area (TPSA) is 192 Å². The quantitative estimate of drug-likeness (QED) is 0.141. The van der Waals surface area contributed by atoms with Crippen molar-refractivity contribution in [3.63, 3.8) is 0 Å². The van der Waals surface area contributed by atoms with Gasteiger partial charge in [-0.15, -0.1) is 0 Å². The molecule has 1 aliphatic heterocycles. The summed E-state index contributed by atoms with van der Waals surface area (Å²) in [5, 5.41) is 20.5. The van der Waals surface area contributed by atoms with Gasteiger partial charge in [0.25, 0.3) is 0 Å². The smallest absolute Gasteiger partial charge is 0.245 e. The number of amides is 5. The second kappa shape index (κ2) is 23.6. The molecule has 1 saturated heterocycles. The summed E-state index contributed by atoms with van der Waals surface area (Å²) in [5.41, 5.74) is 5.82. The van der Waals surface area contributed by atoms with E-state index in [0.717, 1.165) is 19.3 Å². The molecule has 13 heteroatoms. The minimum absolute atomic E-state index is 0.0709. The lowest BCUT2D eigenvalue weighted by molar-refractivity contribution is -0.147. The van der Waals surface area contributed by atoms with E-state index in [1.54, 1.807) is 14.0 Å². The Labute approximate surface area is 288 Å². The molecule has 0 aliphatic carbocycles. The van der Waals surface area contributed by atoms with E-state index in [0.29, 0.717) is 19.3 Å². The summed E-state index contributed by atoms with van der Waals surface area (Å²) < 4.78 is 6.21. The third-order valence-corrected chi connectivity index (χ3v) is 9.31. The monoisotopic (exact) mass is 682 g/mol. The van der Waals surface area contributed by atoms with Crippen molar-refractivity contribution >= 4 is 29.5 Å². The zero-order valence-corrected chi connectivity index (χ0v) is 30.6. The third kappa shape index (κ3) is 14.8. The van der Waals surface area contributed by atoms with Crippen LogP contribution < -0.4 is 27.0 Å². The molecule has 13 nitrogen and oxygen atoms in total. The maximum Gasteiger partial charge on any atom is 0.245 e. The fourth-order valence-corrected chi connectivity index (χ4v) is 5.90. The Balaban J connectivity index is 3.37. The molecular formula is C35H66N6O7. The van der Waals surface area contributed by atoms with E-state index in [9.17, 15) is 29.1 Å². The van der Waals surface area contributed by atoms with Gasteiger partial charge < -0.3 is 41.7 Å². The molecule has 0 radical (unpaired) electrons. The SMILES string of the molecule is CCCCCCCCCC[C@H]1OCCNC(=O)[C@H](CO)NC(=O)[C@H](CN)NC(=O)[C@H](C(C)CC)NC(=O)[C@H](CC(C)C)N(C)C(=O)[C@@H]1C. The van der Waals surface area contributed by atoms with E-state index in [4.69, 9.17) is 10.5 Å². The first-order valence-electron chi connectivity index (χ1n) is 18.2. The first-order valence-corrected chi connectivity index (χ1v) is 18.2. The van der Waals surface area contributed by atoms with Crippen LogP contribution in [0.1, 0.15) is 112 Å². The number of unbranched alkanes of at least 4 members (excludes halogenated alkanes) is 7. The van der Waals surface area contributed by atoms with Crippen LogP contribution in [0.3, 0.4) is 0 Å². The Bertz CT molecular complexity index is 996. The van der Waals surface area contributed by atoms with Crippen LogP contribution in [0.5, 0.6) is 0 Å². The van der Waals surface area contributed by atoms with Crippen LogP contribution in [-0.2, 0) is 28.7 Å². The van der Waals surface area contributed by atoms with Crippen molar-refractivity contribution in [2.45, 2.75) is 142 Å². The fraction of sp³-hybridized carbons (Fsp3) is 0.857. The summed E-state index contributed by atoms with van der Waals surface area (Å²) in [6, 6.07) is -4.36. The van der Waals surface area contributed by atoms with Crippen LogP contribution in [0.25, 0.3) is 0 Å². The van der Waals surface area contributed by atoms with E-state index >= 15 is 0 Å². The first-order chi connectivity index (χ1) is 22.8. The molecule has 0 aromatic heterocycles. The molecule has 0 aromatic rings. The zero-order chi connectivity index (χ0) is 36.2. The Kier molecular flexibility index (Phi) is 21.2. The van der Waals surface area contributed by atoms with Crippen LogP contribution >= 0.6 is 0 Å². The highest BCUT2D eigenvalue weighted by atomic mass is 16.5. The molecule has 5 amide bonds. The van der Waals surface area contributed by atoms with Gasteiger partial charge in [-0.25, -0.2) is 0 Å². The van der Waals surface area contributed by atoms with Crippen molar-refractivity contribution in [3.8, 4) is 0 Å². The van der Waals surface area contributed by atoms with Crippen LogP contribution in [-0.4, -0.2) is 103 Å². The van der Waals surface area contributed by atoms with Gasteiger partial charge in [-0.05, 0) is 24.7 Å².